The van der Waals surface area contributed by atoms with Gasteiger partial charge in [-0.1, -0.05) is 32.9 Å². The average molecular weight is 412 g/mol. The van der Waals surface area contributed by atoms with Crippen molar-refractivity contribution in [1.29, 1.82) is 0 Å². The third-order valence-corrected chi connectivity index (χ3v) is 6.05. The Labute approximate surface area is 178 Å². The summed E-state index contributed by atoms with van der Waals surface area (Å²) < 4.78 is 11.6. The molecule has 0 amide bonds. The molecule has 4 N–H and O–H groups in total. The van der Waals surface area contributed by atoms with Crippen molar-refractivity contribution in [3.8, 4) is 11.5 Å². The number of nitrogens with zero attached hydrogens (tertiary/aromatic N) is 3. The summed E-state index contributed by atoms with van der Waals surface area (Å²) >= 11 is 0. The van der Waals surface area contributed by atoms with Crippen molar-refractivity contribution in [1.82, 2.24) is 15.1 Å². The van der Waals surface area contributed by atoms with Gasteiger partial charge in [0.2, 0.25) is 17.7 Å². The molecule has 0 fully saturated rings. The second-order valence-corrected chi connectivity index (χ2v) is 8.76. The largest absolute Gasteiger partial charge is 0.424 e. The van der Waals surface area contributed by atoms with E-state index in [1.165, 1.54) is 0 Å². The zero-order valence-corrected chi connectivity index (χ0v) is 19.0. The van der Waals surface area contributed by atoms with Crippen LogP contribution in [0.5, 0.6) is 0 Å². The van der Waals surface area contributed by atoms with Gasteiger partial charge in [0.25, 0.3) is 0 Å². The predicted octanol–water partition coefficient (Wildman–Crippen LogP) is 4.23. The molecule has 0 saturated carbocycles. The standard InChI is InChI=1S/C23H33N5O2/c1-8-23(5,6)18-17(19(24)20(25)30-22(18)28(7)13(2)3)15-9-11-16(12-10-15)21-27-26-14(4)29-21/h9-13,17H,8,24-25H2,1-7H3. The van der Waals surface area contributed by atoms with E-state index in [-0.39, 0.29) is 23.3 Å². The number of nitrogens with two attached hydrogens (primary N) is 2. The Morgan fingerprint density at radius 1 is 1.13 bits per heavy atom. The minimum absolute atomic E-state index is 0.142. The van der Waals surface area contributed by atoms with E-state index in [9.17, 15) is 0 Å². The minimum atomic E-state index is -0.177. The lowest BCUT2D eigenvalue weighted by molar-refractivity contribution is 0.131. The molecular formula is C23H33N5O2. The highest BCUT2D eigenvalue weighted by Crippen LogP contribution is 2.48. The Morgan fingerprint density at radius 2 is 1.77 bits per heavy atom. The number of rotatable bonds is 6. The van der Waals surface area contributed by atoms with Crippen molar-refractivity contribution in [2.45, 2.75) is 59.9 Å². The van der Waals surface area contributed by atoms with Crippen molar-refractivity contribution < 1.29 is 9.15 Å². The Balaban J connectivity index is 2.14. The van der Waals surface area contributed by atoms with Gasteiger partial charge >= 0.3 is 0 Å². The molecule has 1 unspecified atom stereocenters. The molecular weight excluding hydrogens is 378 g/mol. The molecule has 2 aromatic rings. The Bertz CT molecular complexity index is 970. The van der Waals surface area contributed by atoms with Crippen molar-refractivity contribution in [3.63, 3.8) is 0 Å². The summed E-state index contributed by atoms with van der Waals surface area (Å²) in [5, 5.41) is 8.01. The smallest absolute Gasteiger partial charge is 0.247 e. The molecule has 2 heterocycles. The van der Waals surface area contributed by atoms with Gasteiger partial charge in [0.05, 0.1) is 11.6 Å². The summed E-state index contributed by atoms with van der Waals surface area (Å²) in [6.07, 6.45) is 0.935. The fraction of sp³-hybridized carbons (Fsp3) is 0.478. The van der Waals surface area contributed by atoms with Gasteiger partial charge in [0.1, 0.15) is 0 Å². The number of aryl methyl sites for hydroxylation is 1. The maximum atomic E-state index is 6.52. The van der Waals surface area contributed by atoms with Crippen LogP contribution in [0.25, 0.3) is 11.5 Å². The first-order valence-corrected chi connectivity index (χ1v) is 10.4. The van der Waals surface area contributed by atoms with Gasteiger partial charge in [-0.25, -0.2) is 0 Å². The first kappa shape index (κ1) is 21.7. The van der Waals surface area contributed by atoms with E-state index in [2.05, 4.69) is 49.7 Å². The summed E-state index contributed by atoms with van der Waals surface area (Å²) in [7, 11) is 2.03. The lowest BCUT2D eigenvalue weighted by atomic mass is 9.71. The first-order valence-electron chi connectivity index (χ1n) is 10.4. The number of hydrogen-bond donors (Lipinski definition) is 2. The molecule has 1 aliphatic rings. The lowest BCUT2D eigenvalue weighted by Gasteiger charge is -2.41. The average Bonchev–Trinajstić information content (AvgIpc) is 3.15. The molecule has 3 rings (SSSR count). The quantitative estimate of drug-likeness (QED) is 0.733. The van der Waals surface area contributed by atoms with E-state index >= 15 is 0 Å². The maximum Gasteiger partial charge on any atom is 0.247 e. The Kier molecular flexibility index (Phi) is 5.83. The molecule has 0 radical (unpaired) electrons. The van der Waals surface area contributed by atoms with Crippen LogP contribution in [0.15, 0.2) is 51.7 Å². The van der Waals surface area contributed by atoms with Gasteiger partial charge in [-0.15, -0.1) is 10.2 Å². The Morgan fingerprint density at radius 3 is 2.27 bits per heavy atom. The molecule has 0 saturated heterocycles. The number of ether oxygens (including phenoxy) is 1. The van der Waals surface area contributed by atoms with Crippen molar-refractivity contribution in [2.75, 3.05) is 7.05 Å². The van der Waals surface area contributed by atoms with Crippen LogP contribution in [0.1, 0.15) is 58.4 Å². The topological polar surface area (TPSA) is 103 Å². The van der Waals surface area contributed by atoms with E-state index in [1.807, 2.05) is 31.3 Å². The lowest BCUT2D eigenvalue weighted by Crippen LogP contribution is -2.38. The Hall–Kier alpha value is -2.96. The summed E-state index contributed by atoms with van der Waals surface area (Å²) in [5.74, 6) is 1.90. The van der Waals surface area contributed by atoms with Crippen LogP contribution >= 0.6 is 0 Å². The van der Waals surface area contributed by atoms with E-state index < -0.39 is 0 Å². The second-order valence-electron chi connectivity index (χ2n) is 8.76. The molecule has 7 nitrogen and oxygen atoms in total. The predicted molar refractivity (Wildman–Crippen MR) is 118 cm³/mol. The van der Waals surface area contributed by atoms with Crippen LogP contribution in [0.3, 0.4) is 0 Å². The van der Waals surface area contributed by atoms with Crippen LogP contribution in [-0.2, 0) is 4.74 Å². The van der Waals surface area contributed by atoms with Crippen LogP contribution in [0, 0.1) is 12.3 Å². The SMILES string of the molecule is CCC(C)(C)C1=C(N(C)C(C)C)OC(N)=C(N)C1c1ccc(-c2nnc(C)o2)cc1. The van der Waals surface area contributed by atoms with Crippen LogP contribution in [0.2, 0.25) is 0 Å². The molecule has 1 aliphatic heterocycles. The first-order chi connectivity index (χ1) is 14.1. The van der Waals surface area contributed by atoms with Crippen LogP contribution in [0.4, 0.5) is 0 Å². The van der Waals surface area contributed by atoms with Gasteiger partial charge < -0.3 is 25.5 Å². The van der Waals surface area contributed by atoms with Gasteiger partial charge in [0.15, 0.2) is 5.88 Å². The molecule has 162 valence electrons. The third-order valence-electron chi connectivity index (χ3n) is 6.05. The van der Waals surface area contributed by atoms with E-state index in [1.54, 1.807) is 6.92 Å². The normalized spacial score (nSPS) is 17.5. The molecule has 1 aromatic carbocycles. The summed E-state index contributed by atoms with van der Waals surface area (Å²) in [5.41, 5.74) is 16.2. The van der Waals surface area contributed by atoms with Crippen LogP contribution in [-0.4, -0.2) is 28.2 Å². The zero-order valence-electron chi connectivity index (χ0n) is 19.0. The van der Waals surface area contributed by atoms with Crippen molar-refractivity contribution in [2.24, 2.45) is 16.9 Å². The second kappa shape index (κ2) is 8.05. The van der Waals surface area contributed by atoms with E-state index in [0.29, 0.717) is 17.5 Å². The summed E-state index contributed by atoms with van der Waals surface area (Å²) in [6.45, 7) is 12.6. The molecule has 30 heavy (non-hydrogen) atoms. The van der Waals surface area contributed by atoms with Crippen molar-refractivity contribution >= 4 is 0 Å². The van der Waals surface area contributed by atoms with Crippen molar-refractivity contribution in [3.05, 3.63) is 58.8 Å². The fourth-order valence-corrected chi connectivity index (χ4v) is 3.58. The summed E-state index contributed by atoms with van der Waals surface area (Å²) in [4.78, 5) is 2.12. The molecule has 7 heteroatoms. The van der Waals surface area contributed by atoms with Crippen LogP contribution < -0.4 is 11.5 Å². The highest BCUT2D eigenvalue weighted by molar-refractivity contribution is 5.55. The highest BCUT2D eigenvalue weighted by atomic mass is 16.5. The molecule has 0 spiro atoms. The number of allylic oxidation sites excluding steroid dienone is 1. The third kappa shape index (κ3) is 3.88. The highest BCUT2D eigenvalue weighted by Gasteiger charge is 2.40. The van der Waals surface area contributed by atoms with Gasteiger partial charge in [-0.05, 0) is 43.4 Å². The summed E-state index contributed by atoms with van der Waals surface area (Å²) in [6, 6.07) is 8.29. The van der Waals surface area contributed by atoms with E-state index in [0.717, 1.165) is 29.0 Å². The molecule has 0 bridgehead atoms. The zero-order chi connectivity index (χ0) is 22.2. The van der Waals surface area contributed by atoms with Gasteiger partial charge in [0, 0.05) is 31.1 Å². The van der Waals surface area contributed by atoms with Gasteiger partial charge in [-0.2, -0.15) is 0 Å². The maximum absolute atomic E-state index is 6.52. The number of aromatic nitrogens is 2. The molecule has 1 atom stereocenters. The monoisotopic (exact) mass is 411 g/mol. The van der Waals surface area contributed by atoms with Gasteiger partial charge in [-0.3, -0.25) is 0 Å². The molecule has 1 aromatic heterocycles. The molecule has 0 aliphatic carbocycles. The fourth-order valence-electron chi connectivity index (χ4n) is 3.58. The number of benzene rings is 1. The minimum Gasteiger partial charge on any atom is -0.424 e. The van der Waals surface area contributed by atoms with E-state index in [4.69, 9.17) is 20.6 Å². The number of hydrogen-bond acceptors (Lipinski definition) is 7.